The molecule has 0 N–H and O–H groups in total. The molecule has 0 bridgehead atoms. The predicted molar refractivity (Wildman–Crippen MR) is 96.5 cm³/mol. The SMILES string of the molecule is CC1CN(c2c(C=O)cc(-c3cnccn3)c(OCCF)c2F)CC(C)O1. The topological polar surface area (TPSA) is 64.6 Å². The maximum atomic E-state index is 15.5. The van der Waals surface area contributed by atoms with Crippen LogP contribution in [-0.2, 0) is 4.74 Å². The molecule has 27 heavy (non-hydrogen) atoms. The van der Waals surface area contributed by atoms with Crippen molar-refractivity contribution in [3.8, 4) is 17.0 Å². The highest BCUT2D eigenvalue weighted by molar-refractivity contribution is 5.90. The second-order valence-electron chi connectivity index (χ2n) is 6.41. The Morgan fingerprint density at radius 3 is 2.67 bits per heavy atom. The molecule has 2 heterocycles. The zero-order valence-corrected chi connectivity index (χ0v) is 15.2. The molecular weight excluding hydrogens is 356 g/mol. The van der Waals surface area contributed by atoms with Crippen molar-refractivity contribution < 1.29 is 23.0 Å². The first-order chi connectivity index (χ1) is 13.0. The van der Waals surface area contributed by atoms with Crippen LogP contribution >= 0.6 is 0 Å². The number of hydrogen-bond acceptors (Lipinski definition) is 6. The molecule has 1 fully saturated rings. The normalized spacial score (nSPS) is 19.8. The van der Waals surface area contributed by atoms with E-state index in [1.807, 2.05) is 13.8 Å². The fourth-order valence-electron chi connectivity index (χ4n) is 3.32. The number of hydrogen-bond donors (Lipinski definition) is 0. The fourth-order valence-corrected chi connectivity index (χ4v) is 3.32. The zero-order chi connectivity index (χ0) is 19.4. The number of halogens is 2. The summed E-state index contributed by atoms with van der Waals surface area (Å²) in [5.74, 6) is -0.851. The summed E-state index contributed by atoms with van der Waals surface area (Å²) in [4.78, 5) is 21.6. The van der Waals surface area contributed by atoms with Crippen LogP contribution in [0.3, 0.4) is 0 Å². The molecule has 0 radical (unpaired) electrons. The maximum Gasteiger partial charge on any atom is 0.189 e. The van der Waals surface area contributed by atoms with Gasteiger partial charge >= 0.3 is 0 Å². The Balaban J connectivity index is 2.15. The van der Waals surface area contributed by atoms with Crippen molar-refractivity contribution in [1.29, 1.82) is 0 Å². The molecular formula is C19H21F2N3O3. The Morgan fingerprint density at radius 2 is 2.07 bits per heavy atom. The van der Waals surface area contributed by atoms with Gasteiger partial charge in [-0.05, 0) is 19.9 Å². The number of rotatable bonds is 6. The van der Waals surface area contributed by atoms with E-state index in [1.54, 1.807) is 4.90 Å². The number of anilines is 1. The van der Waals surface area contributed by atoms with Crippen LogP contribution in [0.2, 0.25) is 0 Å². The summed E-state index contributed by atoms with van der Waals surface area (Å²) in [5.41, 5.74) is 0.897. The second kappa shape index (κ2) is 8.39. The maximum absolute atomic E-state index is 15.5. The van der Waals surface area contributed by atoms with E-state index in [1.165, 1.54) is 24.7 Å². The quantitative estimate of drug-likeness (QED) is 0.721. The van der Waals surface area contributed by atoms with E-state index in [-0.39, 0.29) is 41.4 Å². The van der Waals surface area contributed by atoms with Crippen LogP contribution in [0.25, 0.3) is 11.3 Å². The number of morpholine rings is 1. The number of carbonyl (C=O) groups is 1. The summed E-state index contributed by atoms with van der Waals surface area (Å²) in [6, 6.07) is 1.51. The van der Waals surface area contributed by atoms with E-state index < -0.39 is 12.5 Å². The van der Waals surface area contributed by atoms with Crippen LogP contribution in [0, 0.1) is 5.82 Å². The Bertz CT molecular complexity index is 795. The fraction of sp³-hybridized carbons (Fsp3) is 0.421. The number of nitrogens with zero attached hydrogens (tertiary/aromatic N) is 3. The van der Waals surface area contributed by atoms with Gasteiger partial charge in [0.25, 0.3) is 0 Å². The minimum atomic E-state index is -0.768. The summed E-state index contributed by atoms with van der Waals surface area (Å²) in [5, 5.41) is 0. The minimum absolute atomic E-state index is 0.123. The van der Waals surface area contributed by atoms with Crippen molar-refractivity contribution >= 4 is 12.0 Å². The van der Waals surface area contributed by atoms with Crippen LogP contribution < -0.4 is 9.64 Å². The highest BCUT2D eigenvalue weighted by Gasteiger charge is 2.30. The van der Waals surface area contributed by atoms with E-state index in [9.17, 15) is 9.18 Å². The first-order valence-corrected chi connectivity index (χ1v) is 8.72. The molecule has 2 unspecified atom stereocenters. The lowest BCUT2D eigenvalue weighted by Crippen LogP contribution is -2.46. The van der Waals surface area contributed by atoms with E-state index >= 15 is 4.39 Å². The van der Waals surface area contributed by atoms with E-state index in [0.29, 0.717) is 25.1 Å². The third kappa shape index (κ3) is 4.05. The third-order valence-corrected chi connectivity index (χ3v) is 4.25. The molecule has 3 rings (SSSR count). The van der Waals surface area contributed by atoms with Crippen LogP contribution in [-0.4, -0.2) is 54.8 Å². The molecule has 1 aliphatic rings. The van der Waals surface area contributed by atoms with Gasteiger partial charge in [-0.3, -0.25) is 14.8 Å². The summed E-state index contributed by atoms with van der Waals surface area (Å²) >= 11 is 0. The molecule has 2 aromatic rings. The summed E-state index contributed by atoms with van der Waals surface area (Å²) in [6.45, 7) is 3.55. The number of carbonyl (C=O) groups excluding carboxylic acids is 1. The van der Waals surface area contributed by atoms with Gasteiger partial charge in [-0.2, -0.15) is 0 Å². The molecule has 1 aromatic heterocycles. The van der Waals surface area contributed by atoms with Crippen molar-refractivity contribution in [3.63, 3.8) is 0 Å². The Labute approximate surface area is 156 Å². The van der Waals surface area contributed by atoms with Gasteiger partial charge in [-0.25, -0.2) is 8.78 Å². The lowest BCUT2D eigenvalue weighted by Gasteiger charge is -2.37. The average Bonchev–Trinajstić information content (AvgIpc) is 2.66. The molecule has 1 aromatic carbocycles. The average molecular weight is 377 g/mol. The monoisotopic (exact) mass is 377 g/mol. The van der Waals surface area contributed by atoms with Crippen molar-refractivity contribution in [2.75, 3.05) is 31.3 Å². The summed E-state index contributed by atoms with van der Waals surface area (Å²) in [6.07, 6.45) is 4.72. The molecule has 1 saturated heterocycles. The first kappa shape index (κ1) is 19.2. The number of alkyl halides is 1. The van der Waals surface area contributed by atoms with Crippen LogP contribution in [0.5, 0.6) is 5.75 Å². The number of ether oxygens (including phenoxy) is 2. The standard InChI is InChI=1S/C19H21F2N3O3/c1-12-9-24(10-13(2)27-12)18-14(11-25)7-15(16-8-22-4-5-23-16)19(17(18)21)26-6-3-20/h4-5,7-8,11-13H,3,6,9-10H2,1-2H3. The van der Waals surface area contributed by atoms with Gasteiger partial charge in [0.15, 0.2) is 17.9 Å². The number of benzene rings is 1. The van der Waals surface area contributed by atoms with Crippen molar-refractivity contribution in [3.05, 3.63) is 36.0 Å². The predicted octanol–water partition coefficient (Wildman–Crippen LogP) is 3.06. The molecule has 2 atom stereocenters. The van der Waals surface area contributed by atoms with Gasteiger partial charge in [0, 0.05) is 36.6 Å². The van der Waals surface area contributed by atoms with Crippen molar-refractivity contribution in [1.82, 2.24) is 9.97 Å². The summed E-state index contributed by atoms with van der Waals surface area (Å²) < 4.78 is 39.2. The molecule has 0 amide bonds. The molecule has 6 nitrogen and oxygen atoms in total. The van der Waals surface area contributed by atoms with Gasteiger partial charge in [0.05, 0.1) is 29.8 Å². The molecule has 8 heteroatoms. The highest BCUT2D eigenvalue weighted by atomic mass is 19.1. The summed E-state index contributed by atoms with van der Waals surface area (Å²) in [7, 11) is 0. The highest BCUT2D eigenvalue weighted by Crippen LogP contribution is 2.40. The van der Waals surface area contributed by atoms with Gasteiger partial charge in [0.1, 0.15) is 13.3 Å². The van der Waals surface area contributed by atoms with E-state index in [2.05, 4.69) is 9.97 Å². The van der Waals surface area contributed by atoms with Gasteiger partial charge < -0.3 is 14.4 Å². The number of aldehydes is 1. The second-order valence-corrected chi connectivity index (χ2v) is 6.41. The largest absolute Gasteiger partial charge is 0.487 e. The molecule has 0 aliphatic carbocycles. The van der Waals surface area contributed by atoms with Crippen molar-refractivity contribution in [2.45, 2.75) is 26.1 Å². The molecule has 0 saturated carbocycles. The third-order valence-electron chi connectivity index (χ3n) is 4.25. The Hall–Kier alpha value is -2.61. The van der Waals surface area contributed by atoms with Crippen LogP contribution in [0.15, 0.2) is 24.7 Å². The number of aromatic nitrogens is 2. The van der Waals surface area contributed by atoms with Crippen LogP contribution in [0.1, 0.15) is 24.2 Å². The Morgan fingerprint density at radius 1 is 1.33 bits per heavy atom. The minimum Gasteiger partial charge on any atom is -0.487 e. The smallest absolute Gasteiger partial charge is 0.189 e. The lowest BCUT2D eigenvalue weighted by molar-refractivity contribution is -0.00546. The van der Waals surface area contributed by atoms with E-state index in [0.717, 1.165) is 0 Å². The van der Waals surface area contributed by atoms with Gasteiger partial charge in [-0.1, -0.05) is 0 Å². The van der Waals surface area contributed by atoms with Crippen LogP contribution in [0.4, 0.5) is 14.5 Å². The zero-order valence-electron chi connectivity index (χ0n) is 15.2. The molecule has 0 spiro atoms. The Kier molecular flexibility index (Phi) is 5.95. The molecule has 1 aliphatic heterocycles. The van der Waals surface area contributed by atoms with Crippen molar-refractivity contribution in [2.24, 2.45) is 0 Å². The van der Waals surface area contributed by atoms with Gasteiger partial charge in [-0.15, -0.1) is 0 Å². The van der Waals surface area contributed by atoms with Gasteiger partial charge in [0.2, 0.25) is 0 Å². The molecule has 144 valence electrons. The van der Waals surface area contributed by atoms with E-state index in [4.69, 9.17) is 9.47 Å². The lowest BCUT2D eigenvalue weighted by atomic mass is 10.0. The first-order valence-electron chi connectivity index (χ1n) is 8.72.